The van der Waals surface area contributed by atoms with Crippen LogP contribution in [0.5, 0.6) is 0 Å². The van der Waals surface area contributed by atoms with E-state index in [1.807, 2.05) is 6.08 Å². The van der Waals surface area contributed by atoms with Crippen molar-refractivity contribution in [3.8, 4) is 0 Å². The fraction of sp³-hybridized carbons (Fsp3) is 0.583. The van der Waals surface area contributed by atoms with Gasteiger partial charge in [-0.15, -0.1) is 0 Å². The van der Waals surface area contributed by atoms with Crippen LogP contribution in [0.1, 0.15) is 33.6 Å². The molecule has 78 valence electrons. The van der Waals surface area contributed by atoms with Crippen molar-refractivity contribution in [2.24, 2.45) is 11.3 Å². The summed E-state index contributed by atoms with van der Waals surface area (Å²) in [6.45, 7) is 6.47. The van der Waals surface area contributed by atoms with Gasteiger partial charge in [-0.3, -0.25) is 0 Å². The Balaban J connectivity index is 2.86. The molecule has 0 saturated heterocycles. The zero-order valence-corrected chi connectivity index (χ0v) is 9.08. The Hall–Kier alpha value is -1.05. The molecule has 2 nitrogen and oxygen atoms in total. The van der Waals surface area contributed by atoms with Crippen LogP contribution in [0.2, 0.25) is 0 Å². The molecule has 1 rings (SSSR count). The Morgan fingerprint density at radius 1 is 1.64 bits per heavy atom. The van der Waals surface area contributed by atoms with Crippen LogP contribution in [0, 0.1) is 11.3 Å². The van der Waals surface area contributed by atoms with Crippen LogP contribution in [-0.2, 0) is 4.79 Å². The largest absolute Gasteiger partial charge is 0.478 e. The Kier molecular flexibility index (Phi) is 3.14. The van der Waals surface area contributed by atoms with E-state index in [-0.39, 0.29) is 11.3 Å². The Bertz CT molecular complexity index is 285. The summed E-state index contributed by atoms with van der Waals surface area (Å²) in [4.78, 5) is 10.5. The van der Waals surface area contributed by atoms with Gasteiger partial charge in [0.2, 0.25) is 0 Å². The van der Waals surface area contributed by atoms with E-state index in [2.05, 4.69) is 26.8 Å². The van der Waals surface area contributed by atoms with Crippen LogP contribution >= 0.6 is 0 Å². The van der Waals surface area contributed by atoms with Gasteiger partial charge in [-0.1, -0.05) is 31.6 Å². The summed E-state index contributed by atoms with van der Waals surface area (Å²) < 4.78 is 0. The highest BCUT2D eigenvalue weighted by atomic mass is 16.4. The molecule has 0 radical (unpaired) electrons. The Labute approximate surface area is 85.3 Å². The second kappa shape index (κ2) is 3.99. The standard InChI is InChI=1S/C12H18O2/c1-9-5-4-8-12(2,3)10(9)6-7-11(13)14/h5-7,10H,4,8H2,1-3H3,(H,13,14). The average molecular weight is 194 g/mol. The van der Waals surface area contributed by atoms with E-state index in [9.17, 15) is 4.79 Å². The summed E-state index contributed by atoms with van der Waals surface area (Å²) in [7, 11) is 0. The van der Waals surface area contributed by atoms with E-state index < -0.39 is 5.97 Å². The van der Waals surface area contributed by atoms with E-state index in [1.54, 1.807) is 0 Å². The molecule has 0 aromatic carbocycles. The van der Waals surface area contributed by atoms with Crippen LogP contribution in [0.15, 0.2) is 23.8 Å². The van der Waals surface area contributed by atoms with Crippen LogP contribution in [0.4, 0.5) is 0 Å². The molecule has 1 atom stereocenters. The van der Waals surface area contributed by atoms with Gasteiger partial charge in [0.05, 0.1) is 0 Å². The number of carboxylic acid groups (broad SMARTS) is 1. The summed E-state index contributed by atoms with van der Waals surface area (Å²) >= 11 is 0. The van der Waals surface area contributed by atoms with Crippen molar-refractivity contribution in [2.75, 3.05) is 0 Å². The first-order chi connectivity index (χ1) is 6.43. The summed E-state index contributed by atoms with van der Waals surface area (Å²) in [6, 6.07) is 0. The summed E-state index contributed by atoms with van der Waals surface area (Å²) in [5.74, 6) is -0.591. The zero-order valence-electron chi connectivity index (χ0n) is 9.08. The van der Waals surface area contributed by atoms with E-state index >= 15 is 0 Å². The van der Waals surface area contributed by atoms with Gasteiger partial charge in [-0.25, -0.2) is 4.79 Å². The summed E-state index contributed by atoms with van der Waals surface area (Å²) in [5.41, 5.74) is 1.48. The number of rotatable bonds is 2. The van der Waals surface area contributed by atoms with Gasteiger partial charge in [0.1, 0.15) is 0 Å². The summed E-state index contributed by atoms with van der Waals surface area (Å²) in [5, 5.41) is 8.59. The minimum absolute atomic E-state index is 0.185. The molecule has 1 unspecified atom stereocenters. The third-order valence-corrected chi connectivity index (χ3v) is 3.02. The van der Waals surface area contributed by atoms with Crippen molar-refractivity contribution in [1.29, 1.82) is 0 Å². The predicted octanol–water partition coefficient (Wildman–Crippen LogP) is 3.01. The molecule has 0 aromatic heterocycles. The molecule has 0 fully saturated rings. The maximum absolute atomic E-state index is 10.5. The highest BCUT2D eigenvalue weighted by molar-refractivity contribution is 5.79. The number of hydrogen-bond acceptors (Lipinski definition) is 1. The number of aliphatic carboxylic acids is 1. The van der Waals surface area contributed by atoms with Crippen molar-refractivity contribution in [3.05, 3.63) is 23.8 Å². The number of hydrogen-bond donors (Lipinski definition) is 1. The fourth-order valence-corrected chi connectivity index (χ4v) is 2.16. The van der Waals surface area contributed by atoms with Gasteiger partial charge in [-0.05, 0) is 25.2 Å². The Morgan fingerprint density at radius 2 is 2.29 bits per heavy atom. The van der Waals surface area contributed by atoms with Gasteiger partial charge in [0.25, 0.3) is 0 Å². The van der Waals surface area contributed by atoms with Gasteiger partial charge >= 0.3 is 5.97 Å². The third-order valence-electron chi connectivity index (χ3n) is 3.02. The first kappa shape index (κ1) is 11.0. The fourth-order valence-electron chi connectivity index (χ4n) is 2.16. The lowest BCUT2D eigenvalue weighted by molar-refractivity contribution is -0.131. The number of allylic oxidation sites excluding steroid dienone is 3. The quantitative estimate of drug-likeness (QED) is 0.542. The van der Waals surface area contributed by atoms with Crippen molar-refractivity contribution in [1.82, 2.24) is 0 Å². The third kappa shape index (κ3) is 2.47. The molecule has 14 heavy (non-hydrogen) atoms. The molecular formula is C12H18O2. The van der Waals surface area contributed by atoms with Crippen LogP contribution in [-0.4, -0.2) is 11.1 Å². The topological polar surface area (TPSA) is 37.3 Å². The van der Waals surface area contributed by atoms with Gasteiger partial charge in [0.15, 0.2) is 0 Å². The second-order valence-corrected chi connectivity index (χ2v) is 4.65. The summed E-state index contributed by atoms with van der Waals surface area (Å²) in [6.07, 6.45) is 7.51. The number of carboxylic acids is 1. The molecular weight excluding hydrogens is 176 g/mol. The van der Waals surface area contributed by atoms with Crippen molar-refractivity contribution < 1.29 is 9.90 Å². The molecule has 1 aliphatic carbocycles. The molecule has 0 amide bonds. The molecule has 0 aliphatic heterocycles. The monoisotopic (exact) mass is 194 g/mol. The molecule has 0 heterocycles. The Morgan fingerprint density at radius 3 is 2.79 bits per heavy atom. The van der Waals surface area contributed by atoms with Crippen LogP contribution < -0.4 is 0 Å². The van der Waals surface area contributed by atoms with E-state index in [0.29, 0.717) is 0 Å². The molecule has 2 heteroatoms. The van der Waals surface area contributed by atoms with Gasteiger partial charge < -0.3 is 5.11 Å². The molecule has 0 aromatic rings. The number of carbonyl (C=O) groups is 1. The minimum atomic E-state index is -0.862. The lowest BCUT2D eigenvalue weighted by Gasteiger charge is -2.36. The molecule has 1 N–H and O–H groups in total. The average Bonchev–Trinajstić information content (AvgIpc) is 2.01. The lowest BCUT2D eigenvalue weighted by Crippen LogP contribution is -2.26. The second-order valence-electron chi connectivity index (χ2n) is 4.65. The molecule has 0 bridgehead atoms. The molecule has 1 aliphatic rings. The zero-order chi connectivity index (χ0) is 10.8. The minimum Gasteiger partial charge on any atom is -0.478 e. The normalized spacial score (nSPS) is 26.2. The van der Waals surface area contributed by atoms with E-state index in [1.165, 1.54) is 11.6 Å². The van der Waals surface area contributed by atoms with Crippen molar-refractivity contribution in [3.63, 3.8) is 0 Å². The first-order valence-electron chi connectivity index (χ1n) is 5.01. The van der Waals surface area contributed by atoms with Crippen LogP contribution in [0.25, 0.3) is 0 Å². The van der Waals surface area contributed by atoms with Crippen LogP contribution in [0.3, 0.4) is 0 Å². The highest BCUT2D eigenvalue weighted by Crippen LogP contribution is 2.41. The SMILES string of the molecule is CC1=CCCC(C)(C)C1C=CC(=O)O. The maximum atomic E-state index is 10.5. The van der Waals surface area contributed by atoms with Gasteiger partial charge in [0, 0.05) is 12.0 Å². The van der Waals surface area contributed by atoms with Gasteiger partial charge in [-0.2, -0.15) is 0 Å². The van der Waals surface area contributed by atoms with Crippen molar-refractivity contribution >= 4 is 5.97 Å². The highest BCUT2D eigenvalue weighted by Gasteiger charge is 2.30. The smallest absolute Gasteiger partial charge is 0.327 e. The first-order valence-corrected chi connectivity index (χ1v) is 5.01. The van der Waals surface area contributed by atoms with E-state index in [4.69, 9.17) is 5.11 Å². The van der Waals surface area contributed by atoms with E-state index in [0.717, 1.165) is 12.8 Å². The lowest BCUT2D eigenvalue weighted by atomic mass is 9.68. The molecule has 0 saturated carbocycles. The molecule has 0 spiro atoms. The predicted molar refractivity (Wildman–Crippen MR) is 57.0 cm³/mol. The maximum Gasteiger partial charge on any atom is 0.327 e. The van der Waals surface area contributed by atoms with Crippen molar-refractivity contribution in [2.45, 2.75) is 33.6 Å².